The van der Waals surface area contributed by atoms with E-state index in [1.807, 2.05) is 17.5 Å². The monoisotopic (exact) mass is 444 g/mol. The zero-order valence-electron chi connectivity index (χ0n) is 16.2. The van der Waals surface area contributed by atoms with Gasteiger partial charge < -0.3 is 10.2 Å². The Balaban J connectivity index is 1.71. The molecule has 6 nitrogen and oxygen atoms in total. The van der Waals surface area contributed by atoms with Crippen LogP contribution in [0.15, 0.2) is 47.2 Å². The molecule has 2 aromatic heterocycles. The van der Waals surface area contributed by atoms with Crippen molar-refractivity contribution in [2.45, 2.75) is 44.3 Å². The largest absolute Gasteiger partial charge is 0.351 e. The van der Waals surface area contributed by atoms with Crippen molar-refractivity contribution in [2.75, 3.05) is 0 Å². The number of hydrogen-bond acceptors (Lipinski definition) is 6. The maximum absolute atomic E-state index is 13.6. The van der Waals surface area contributed by atoms with Gasteiger partial charge in [-0.3, -0.25) is 9.59 Å². The van der Waals surface area contributed by atoms with E-state index in [1.54, 1.807) is 17.5 Å². The second-order valence-electron chi connectivity index (χ2n) is 7.25. The molecule has 1 aliphatic carbocycles. The maximum Gasteiger partial charge on any atom is 0.276 e. The van der Waals surface area contributed by atoms with Crippen LogP contribution in [0.3, 0.4) is 0 Å². The smallest absolute Gasteiger partial charge is 0.276 e. The summed E-state index contributed by atoms with van der Waals surface area (Å²) in [5, 5.41) is 10.5. The van der Waals surface area contributed by atoms with Gasteiger partial charge in [-0.2, -0.15) is 0 Å². The first-order chi connectivity index (χ1) is 14.6. The number of rotatable bonds is 7. The van der Waals surface area contributed by atoms with Gasteiger partial charge in [0.1, 0.15) is 11.9 Å². The third-order valence-corrected chi connectivity index (χ3v) is 6.56. The van der Waals surface area contributed by atoms with Gasteiger partial charge in [0.05, 0.1) is 6.54 Å². The predicted molar refractivity (Wildman–Crippen MR) is 114 cm³/mol. The maximum atomic E-state index is 13.6. The van der Waals surface area contributed by atoms with Gasteiger partial charge in [0.15, 0.2) is 5.69 Å². The minimum absolute atomic E-state index is 0.0973. The Kier molecular flexibility index (Phi) is 6.49. The van der Waals surface area contributed by atoms with E-state index in [-0.39, 0.29) is 30.1 Å². The fourth-order valence-corrected chi connectivity index (χ4v) is 4.86. The topological polar surface area (TPSA) is 75.2 Å². The molecule has 1 saturated carbocycles. The Morgan fingerprint density at radius 3 is 2.60 bits per heavy atom. The third-order valence-electron chi connectivity index (χ3n) is 5.19. The first-order valence-electron chi connectivity index (χ1n) is 9.78. The van der Waals surface area contributed by atoms with E-state index in [0.717, 1.165) is 42.1 Å². The SMILES string of the molecule is O=C(NC1CCCC1)[C@H](c1ccc(F)cc1)N(Cc1cccs1)C(=O)c1csnn1. The van der Waals surface area contributed by atoms with Gasteiger partial charge in [-0.05, 0) is 53.5 Å². The van der Waals surface area contributed by atoms with Crippen molar-refractivity contribution in [1.29, 1.82) is 0 Å². The molecular weight excluding hydrogens is 423 g/mol. The number of halogens is 1. The van der Waals surface area contributed by atoms with Gasteiger partial charge >= 0.3 is 0 Å². The minimum Gasteiger partial charge on any atom is -0.351 e. The Morgan fingerprint density at radius 2 is 1.97 bits per heavy atom. The van der Waals surface area contributed by atoms with Crippen LogP contribution in [-0.2, 0) is 11.3 Å². The second kappa shape index (κ2) is 9.44. The summed E-state index contributed by atoms with van der Waals surface area (Å²) in [6.07, 6.45) is 4.01. The molecule has 3 aromatic rings. The number of benzene rings is 1. The Labute approximate surface area is 181 Å². The molecule has 0 unspecified atom stereocenters. The summed E-state index contributed by atoms with van der Waals surface area (Å²) in [4.78, 5) is 29.2. The Hall–Kier alpha value is -2.65. The summed E-state index contributed by atoms with van der Waals surface area (Å²) in [6, 6.07) is 8.75. The molecule has 1 N–H and O–H groups in total. The zero-order chi connectivity index (χ0) is 20.9. The van der Waals surface area contributed by atoms with Crippen molar-refractivity contribution in [1.82, 2.24) is 19.8 Å². The molecule has 30 heavy (non-hydrogen) atoms. The lowest BCUT2D eigenvalue weighted by Gasteiger charge is -2.31. The number of aromatic nitrogens is 2. The van der Waals surface area contributed by atoms with E-state index < -0.39 is 11.9 Å². The molecular formula is C21H21FN4O2S2. The fraction of sp³-hybridized carbons (Fsp3) is 0.333. The average molecular weight is 445 g/mol. The standard InChI is InChI=1S/C21H21FN4O2S2/c22-15-9-7-14(8-10-15)19(20(27)23-16-4-1-2-5-16)26(12-17-6-3-11-29-17)21(28)18-13-30-25-24-18/h3,6-11,13,16,19H,1-2,4-5,12H2,(H,23,27)/t19-/m0/s1. The molecule has 156 valence electrons. The van der Waals surface area contributed by atoms with Crippen LogP contribution in [0.4, 0.5) is 4.39 Å². The highest BCUT2D eigenvalue weighted by Crippen LogP contribution is 2.28. The summed E-state index contributed by atoms with van der Waals surface area (Å²) >= 11 is 2.59. The van der Waals surface area contributed by atoms with Crippen LogP contribution in [0.1, 0.15) is 52.7 Å². The van der Waals surface area contributed by atoms with Gasteiger partial charge in [0.25, 0.3) is 5.91 Å². The van der Waals surface area contributed by atoms with Crippen molar-refractivity contribution in [3.05, 3.63) is 69.1 Å². The van der Waals surface area contributed by atoms with Crippen LogP contribution in [0.25, 0.3) is 0 Å². The predicted octanol–water partition coefficient (Wildman–Crippen LogP) is 4.18. The molecule has 2 heterocycles. The summed E-state index contributed by atoms with van der Waals surface area (Å²) in [6.45, 7) is 0.244. The lowest BCUT2D eigenvalue weighted by molar-refractivity contribution is -0.126. The van der Waals surface area contributed by atoms with Gasteiger partial charge in [-0.25, -0.2) is 4.39 Å². The minimum atomic E-state index is -0.900. The average Bonchev–Trinajstić information content (AvgIpc) is 3.52. The molecule has 0 radical (unpaired) electrons. The second-order valence-corrected chi connectivity index (χ2v) is 8.89. The molecule has 1 atom stereocenters. The van der Waals surface area contributed by atoms with E-state index in [1.165, 1.54) is 28.4 Å². The van der Waals surface area contributed by atoms with E-state index in [2.05, 4.69) is 14.9 Å². The Bertz CT molecular complexity index is 971. The van der Waals surface area contributed by atoms with Crippen LogP contribution >= 0.6 is 22.9 Å². The zero-order valence-corrected chi connectivity index (χ0v) is 17.8. The fourth-order valence-electron chi connectivity index (χ4n) is 3.72. The van der Waals surface area contributed by atoms with Gasteiger partial charge in [0, 0.05) is 16.3 Å². The first-order valence-corrected chi connectivity index (χ1v) is 11.5. The van der Waals surface area contributed by atoms with Crippen molar-refractivity contribution in [2.24, 2.45) is 0 Å². The van der Waals surface area contributed by atoms with Crippen LogP contribution in [0, 0.1) is 5.82 Å². The van der Waals surface area contributed by atoms with Crippen LogP contribution in [0.2, 0.25) is 0 Å². The number of carbonyl (C=O) groups excluding carboxylic acids is 2. The van der Waals surface area contributed by atoms with E-state index >= 15 is 0 Å². The molecule has 0 aliphatic heterocycles. The van der Waals surface area contributed by atoms with Gasteiger partial charge in [-0.1, -0.05) is 35.5 Å². The molecule has 0 saturated heterocycles. The van der Waals surface area contributed by atoms with Crippen LogP contribution in [0.5, 0.6) is 0 Å². The summed E-state index contributed by atoms with van der Waals surface area (Å²) in [7, 11) is 0. The lowest BCUT2D eigenvalue weighted by Crippen LogP contribution is -2.45. The number of carbonyl (C=O) groups is 2. The highest BCUT2D eigenvalue weighted by Gasteiger charge is 2.34. The summed E-state index contributed by atoms with van der Waals surface area (Å²) in [5.74, 6) is -1.04. The first kappa shape index (κ1) is 20.6. The highest BCUT2D eigenvalue weighted by atomic mass is 32.1. The molecule has 0 spiro atoms. The molecule has 0 bridgehead atoms. The number of nitrogens with one attached hydrogen (secondary N) is 1. The number of amides is 2. The third kappa shape index (κ3) is 4.73. The van der Waals surface area contributed by atoms with Gasteiger partial charge in [-0.15, -0.1) is 16.4 Å². The number of nitrogens with zero attached hydrogens (tertiary/aromatic N) is 3. The molecule has 4 rings (SSSR count). The number of thiophene rings is 1. The van der Waals surface area contributed by atoms with Crippen molar-refractivity contribution in [3.8, 4) is 0 Å². The summed E-state index contributed by atoms with van der Waals surface area (Å²) < 4.78 is 17.4. The molecule has 9 heteroatoms. The van der Waals surface area contributed by atoms with Crippen LogP contribution in [-0.4, -0.2) is 32.3 Å². The summed E-state index contributed by atoms with van der Waals surface area (Å²) in [5.41, 5.74) is 0.748. The van der Waals surface area contributed by atoms with Crippen molar-refractivity contribution >= 4 is 34.7 Å². The van der Waals surface area contributed by atoms with Crippen LogP contribution < -0.4 is 5.32 Å². The van der Waals surface area contributed by atoms with Crippen molar-refractivity contribution in [3.63, 3.8) is 0 Å². The van der Waals surface area contributed by atoms with E-state index in [9.17, 15) is 14.0 Å². The molecule has 1 aliphatic rings. The van der Waals surface area contributed by atoms with Gasteiger partial charge in [0.2, 0.25) is 5.91 Å². The Morgan fingerprint density at radius 1 is 1.20 bits per heavy atom. The lowest BCUT2D eigenvalue weighted by atomic mass is 10.0. The van der Waals surface area contributed by atoms with Crippen molar-refractivity contribution < 1.29 is 14.0 Å². The quantitative estimate of drug-likeness (QED) is 0.593. The highest BCUT2D eigenvalue weighted by molar-refractivity contribution is 7.09. The molecule has 1 fully saturated rings. The van der Waals surface area contributed by atoms with E-state index in [0.29, 0.717) is 5.56 Å². The molecule has 1 aromatic carbocycles. The van der Waals surface area contributed by atoms with E-state index in [4.69, 9.17) is 0 Å². The molecule has 2 amide bonds. The normalized spacial score (nSPS) is 15.1. The number of hydrogen-bond donors (Lipinski definition) is 1.